The fourth-order valence-corrected chi connectivity index (χ4v) is 1.40. The van der Waals surface area contributed by atoms with E-state index in [4.69, 9.17) is 0 Å². The summed E-state index contributed by atoms with van der Waals surface area (Å²) in [5.74, 6) is 0. The Bertz CT molecular complexity index is 493. The second kappa shape index (κ2) is 1.85. The Morgan fingerprint density at radius 3 is 3.25 bits per heavy atom. The molecule has 0 saturated heterocycles. The molecule has 3 rings (SSSR count). The summed E-state index contributed by atoms with van der Waals surface area (Å²) in [6.45, 7) is 0. The summed E-state index contributed by atoms with van der Waals surface area (Å²) in [6, 6.07) is 3.97. The molecule has 3 heterocycles. The molecular weight excluding hydrogens is 152 g/mol. The van der Waals surface area contributed by atoms with Crippen LogP contribution in [-0.2, 0) is 0 Å². The van der Waals surface area contributed by atoms with E-state index in [1.54, 1.807) is 6.33 Å². The number of nitrogens with zero attached hydrogens (tertiary/aromatic N) is 3. The number of aromatic nitrogens is 4. The van der Waals surface area contributed by atoms with Crippen LogP contribution in [0.1, 0.15) is 0 Å². The number of rotatable bonds is 0. The van der Waals surface area contributed by atoms with Gasteiger partial charge in [-0.1, -0.05) is 0 Å². The third kappa shape index (κ3) is 0.567. The largest absolute Gasteiger partial charge is 0.282 e. The molecule has 4 heteroatoms. The van der Waals surface area contributed by atoms with Crippen LogP contribution >= 0.6 is 0 Å². The van der Waals surface area contributed by atoms with E-state index >= 15 is 0 Å². The van der Waals surface area contributed by atoms with Crippen molar-refractivity contribution in [2.45, 2.75) is 0 Å². The highest BCUT2D eigenvalue weighted by atomic mass is 15.3. The van der Waals surface area contributed by atoms with Crippen molar-refractivity contribution >= 4 is 5.65 Å². The van der Waals surface area contributed by atoms with E-state index in [1.165, 1.54) is 0 Å². The zero-order chi connectivity index (χ0) is 7.97. The lowest BCUT2D eigenvalue weighted by atomic mass is 10.2. The minimum Gasteiger partial charge on any atom is -0.282 e. The third-order valence-corrected chi connectivity index (χ3v) is 1.97. The number of nitrogens with one attached hydrogen (secondary N) is 1. The number of aromatic amines is 1. The highest BCUT2D eigenvalue weighted by Gasteiger charge is 2.06. The van der Waals surface area contributed by atoms with Gasteiger partial charge in [0.2, 0.25) is 0 Å². The lowest BCUT2D eigenvalue weighted by Crippen LogP contribution is -1.91. The number of hydrogen-bond donors (Lipinski definition) is 1. The van der Waals surface area contributed by atoms with Gasteiger partial charge in [-0.3, -0.25) is 10.1 Å². The smallest absolute Gasteiger partial charge is 0.153 e. The maximum absolute atomic E-state index is 4.13. The van der Waals surface area contributed by atoms with Crippen LogP contribution in [0.4, 0.5) is 0 Å². The number of pyridine rings is 1. The average Bonchev–Trinajstić information content (AvgIpc) is 2.71. The maximum atomic E-state index is 4.13. The first-order chi connectivity index (χ1) is 5.95. The Labute approximate surface area is 68.2 Å². The van der Waals surface area contributed by atoms with Gasteiger partial charge in [0, 0.05) is 11.8 Å². The first kappa shape index (κ1) is 5.77. The van der Waals surface area contributed by atoms with E-state index in [-0.39, 0.29) is 0 Å². The quantitative estimate of drug-likeness (QED) is 0.533. The Hall–Kier alpha value is -1.84. The molecule has 1 N–H and O–H groups in total. The summed E-state index contributed by atoms with van der Waals surface area (Å²) in [4.78, 5) is 8.19. The van der Waals surface area contributed by atoms with E-state index in [2.05, 4.69) is 15.1 Å². The predicted molar refractivity (Wildman–Crippen MR) is 44.0 cm³/mol. The van der Waals surface area contributed by atoms with Crippen LogP contribution in [0.15, 0.2) is 30.9 Å². The summed E-state index contributed by atoms with van der Waals surface area (Å²) in [6.07, 6.45) is 5.32. The molecule has 1 aromatic rings. The summed E-state index contributed by atoms with van der Waals surface area (Å²) in [5.41, 5.74) is 3.09. The van der Waals surface area contributed by atoms with Crippen LogP contribution in [0.3, 0.4) is 0 Å². The lowest BCUT2D eigenvalue weighted by Gasteiger charge is -1.99. The van der Waals surface area contributed by atoms with E-state index < -0.39 is 0 Å². The number of hydrogen-bond acceptors (Lipinski definition) is 2. The van der Waals surface area contributed by atoms with Gasteiger partial charge in [0.05, 0.1) is 11.9 Å². The van der Waals surface area contributed by atoms with Gasteiger partial charge >= 0.3 is 0 Å². The number of fused-ring (bicyclic) bond motifs is 3. The van der Waals surface area contributed by atoms with Gasteiger partial charge in [-0.2, -0.15) is 0 Å². The monoisotopic (exact) mass is 158 g/mol. The van der Waals surface area contributed by atoms with Gasteiger partial charge in [0.1, 0.15) is 6.33 Å². The van der Waals surface area contributed by atoms with Crippen LogP contribution in [-0.4, -0.2) is 19.6 Å². The SMILES string of the molecule is c1nc2ccc3cncc-3n2[nH]1. The summed E-state index contributed by atoms with van der Waals surface area (Å²) in [7, 11) is 0. The fourth-order valence-electron chi connectivity index (χ4n) is 1.40. The molecule has 0 aromatic carbocycles. The zero-order valence-electron chi connectivity index (χ0n) is 6.23. The summed E-state index contributed by atoms with van der Waals surface area (Å²) < 4.78 is 1.91. The van der Waals surface area contributed by atoms with Crippen molar-refractivity contribution in [2.75, 3.05) is 0 Å². The lowest BCUT2D eigenvalue weighted by molar-refractivity contribution is 0.970. The first-order valence-corrected chi connectivity index (χ1v) is 3.70. The molecule has 0 spiro atoms. The summed E-state index contributed by atoms with van der Waals surface area (Å²) in [5, 5.41) is 3.01. The predicted octanol–water partition coefficient (Wildman–Crippen LogP) is 1.16. The van der Waals surface area contributed by atoms with E-state index in [9.17, 15) is 0 Å². The second-order valence-corrected chi connectivity index (χ2v) is 2.66. The van der Waals surface area contributed by atoms with Crippen LogP contribution in [0, 0.1) is 0 Å². The third-order valence-electron chi connectivity index (χ3n) is 1.97. The van der Waals surface area contributed by atoms with E-state index in [1.807, 2.05) is 29.0 Å². The van der Waals surface area contributed by atoms with Gasteiger partial charge in [-0.05, 0) is 12.1 Å². The fraction of sp³-hybridized carbons (Fsp3) is 0. The Morgan fingerprint density at radius 2 is 2.25 bits per heavy atom. The van der Waals surface area contributed by atoms with Crippen molar-refractivity contribution in [2.24, 2.45) is 0 Å². The van der Waals surface area contributed by atoms with Crippen molar-refractivity contribution in [1.82, 2.24) is 19.6 Å². The molecule has 2 aliphatic rings. The first-order valence-electron chi connectivity index (χ1n) is 3.70. The molecule has 0 bridgehead atoms. The Morgan fingerprint density at radius 1 is 1.25 bits per heavy atom. The van der Waals surface area contributed by atoms with Gasteiger partial charge in [-0.25, -0.2) is 9.50 Å². The molecular formula is C8H6N4. The van der Waals surface area contributed by atoms with Crippen LogP contribution in [0.25, 0.3) is 16.9 Å². The highest BCUT2D eigenvalue weighted by molar-refractivity contribution is 5.64. The van der Waals surface area contributed by atoms with Crippen LogP contribution < -0.4 is 0 Å². The molecule has 1 aromatic heterocycles. The molecule has 58 valence electrons. The van der Waals surface area contributed by atoms with Gasteiger partial charge < -0.3 is 0 Å². The standard InChI is InChI=1S/C8H6N4/c1-2-8-10-5-11-12(8)7-4-9-3-6(1)7/h1-5H,(H,10,11). The molecule has 4 nitrogen and oxygen atoms in total. The average molecular weight is 158 g/mol. The molecule has 0 saturated carbocycles. The van der Waals surface area contributed by atoms with Gasteiger partial charge in [0.25, 0.3) is 0 Å². The molecule has 12 heavy (non-hydrogen) atoms. The van der Waals surface area contributed by atoms with Gasteiger partial charge in [-0.15, -0.1) is 0 Å². The van der Waals surface area contributed by atoms with Crippen molar-refractivity contribution in [3.05, 3.63) is 30.9 Å². The zero-order valence-corrected chi connectivity index (χ0v) is 6.23. The maximum Gasteiger partial charge on any atom is 0.153 e. The van der Waals surface area contributed by atoms with Crippen LogP contribution in [0.5, 0.6) is 0 Å². The Kier molecular flexibility index (Phi) is 0.889. The Balaban J connectivity index is 2.61. The van der Waals surface area contributed by atoms with Crippen molar-refractivity contribution in [3.8, 4) is 11.3 Å². The molecule has 0 amide bonds. The minimum atomic E-state index is 0.913. The number of H-pyrrole nitrogens is 1. The molecule has 0 fully saturated rings. The second-order valence-electron chi connectivity index (χ2n) is 2.66. The van der Waals surface area contributed by atoms with Crippen LogP contribution in [0.2, 0.25) is 0 Å². The van der Waals surface area contributed by atoms with E-state index in [0.717, 1.165) is 16.9 Å². The van der Waals surface area contributed by atoms with Crippen molar-refractivity contribution < 1.29 is 0 Å². The molecule has 0 aliphatic carbocycles. The normalized spacial score (nSPS) is 11.3. The van der Waals surface area contributed by atoms with E-state index in [0.29, 0.717) is 0 Å². The topological polar surface area (TPSA) is 46.0 Å². The molecule has 0 radical (unpaired) electrons. The highest BCUT2D eigenvalue weighted by Crippen LogP contribution is 2.20. The molecule has 0 atom stereocenters. The van der Waals surface area contributed by atoms with Crippen molar-refractivity contribution in [3.63, 3.8) is 0 Å². The summed E-state index contributed by atoms with van der Waals surface area (Å²) >= 11 is 0. The molecule has 0 unspecified atom stereocenters. The minimum absolute atomic E-state index is 0.913. The molecule has 2 aliphatic heterocycles. The van der Waals surface area contributed by atoms with Crippen molar-refractivity contribution in [1.29, 1.82) is 0 Å². The van der Waals surface area contributed by atoms with Gasteiger partial charge in [0.15, 0.2) is 5.65 Å².